The summed E-state index contributed by atoms with van der Waals surface area (Å²) in [5, 5.41) is 10.6. The molecule has 2 N–H and O–H groups in total. The number of ether oxygens (including phenoxy) is 1. The van der Waals surface area contributed by atoms with Gasteiger partial charge in [-0.25, -0.2) is 0 Å². The van der Waals surface area contributed by atoms with Gasteiger partial charge in [0.15, 0.2) is 5.78 Å². The number of anilines is 1. The SMILES string of the molecule is CC(=O)c1ccc(N2CC[NH+](C[C@H](O)CO[C@H]3CCCc4ccccc43)CC2)cc1. The van der Waals surface area contributed by atoms with Gasteiger partial charge in [0, 0.05) is 11.3 Å². The number of quaternary nitrogens is 1. The molecule has 2 aliphatic rings. The Morgan fingerprint density at radius 1 is 1.17 bits per heavy atom. The van der Waals surface area contributed by atoms with Crippen LogP contribution in [0.5, 0.6) is 0 Å². The third kappa shape index (κ3) is 5.09. The van der Waals surface area contributed by atoms with Crippen LogP contribution in [0, 0.1) is 0 Å². The van der Waals surface area contributed by atoms with Crippen LogP contribution >= 0.6 is 0 Å². The molecule has 1 aliphatic carbocycles. The molecule has 0 spiro atoms. The number of carbonyl (C=O) groups excluding carboxylic acids is 1. The fourth-order valence-electron chi connectivity index (χ4n) is 4.69. The molecule has 2 aromatic rings. The molecule has 4 rings (SSSR count). The summed E-state index contributed by atoms with van der Waals surface area (Å²) in [5.74, 6) is 0.101. The summed E-state index contributed by atoms with van der Waals surface area (Å²) in [7, 11) is 0. The van der Waals surface area contributed by atoms with Gasteiger partial charge in [-0.2, -0.15) is 0 Å². The molecule has 1 aliphatic heterocycles. The molecule has 5 heteroatoms. The molecule has 0 aromatic heterocycles. The van der Waals surface area contributed by atoms with Crippen molar-refractivity contribution < 1.29 is 19.5 Å². The highest BCUT2D eigenvalue weighted by Crippen LogP contribution is 2.32. The van der Waals surface area contributed by atoms with Gasteiger partial charge in [0.1, 0.15) is 12.6 Å². The monoisotopic (exact) mass is 409 g/mol. The lowest BCUT2D eigenvalue weighted by atomic mass is 9.89. The Labute approximate surface area is 179 Å². The molecule has 1 saturated heterocycles. The van der Waals surface area contributed by atoms with Gasteiger partial charge < -0.3 is 19.6 Å². The number of nitrogens with one attached hydrogen (secondary N) is 1. The van der Waals surface area contributed by atoms with Crippen LogP contribution in [-0.2, 0) is 11.2 Å². The average Bonchev–Trinajstić information content (AvgIpc) is 2.78. The van der Waals surface area contributed by atoms with E-state index in [9.17, 15) is 9.90 Å². The van der Waals surface area contributed by atoms with Crippen molar-refractivity contribution in [3.63, 3.8) is 0 Å². The number of hydrogen-bond acceptors (Lipinski definition) is 4. The Bertz CT molecular complexity index is 844. The number of aliphatic hydroxyl groups excluding tert-OH is 1. The first-order chi connectivity index (χ1) is 14.6. The van der Waals surface area contributed by atoms with Crippen molar-refractivity contribution in [3.05, 3.63) is 65.2 Å². The third-order valence-corrected chi connectivity index (χ3v) is 6.44. The predicted molar refractivity (Wildman–Crippen MR) is 118 cm³/mol. The fraction of sp³-hybridized carbons (Fsp3) is 0.480. The van der Waals surface area contributed by atoms with Crippen LogP contribution < -0.4 is 9.80 Å². The van der Waals surface area contributed by atoms with E-state index in [1.54, 1.807) is 6.92 Å². The number of aliphatic hydroxyl groups is 1. The zero-order valence-electron chi connectivity index (χ0n) is 17.8. The van der Waals surface area contributed by atoms with E-state index in [0.717, 1.165) is 57.5 Å². The van der Waals surface area contributed by atoms with Crippen molar-refractivity contribution in [2.24, 2.45) is 0 Å². The molecular formula is C25H33N2O3+. The number of nitrogens with zero attached hydrogens (tertiary/aromatic N) is 1. The van der Waals surface area contributed by atoms with Gasteiger partial charge in [0.25, 0.3) is 0 Å². The van der Waals surface area contributed by atoms with Crippen molar-refractivity contribution in [1.29, 1.82) is 0 Å². The zero-order valence-corrected chi connectivity index (χ0v) is 17.8. The summed E-state index contributed by atoms with van der Waals surface area (Å²) in [6.45, 7) is 6.63. The second-order valence-electron chi connectivity index (χ2n) is 8.61. The lowest BCUT2D eigenvalue weighted by molar-refractivity contribution is -0.903. The van der Waals surface area contributed by atoms with E-state index in [-0.39, 0.29) is 11.9 Å². The van der Waals surface area contributed by atoms with Crippen molar-refractivity contribution >= 4 is 11.5 Å². The number of fused-ring (bicyclic) bond motifs is 1. The number of Topliss-reactive ketones (excluding diaryl/α,β-unsaturated/α-hetero) is 1. The van der Waals surface area contributed by atoms with Gasteiger partial charge >= 0.3 is 0 Å². The first-order valence-corrected chi connectivity index (χ1v) is 11.2. The average molecular weight is 410 g/mol. The fourth-order valence-corrected chi connectivity index (χ4v) is 4.69. The van der Waals surface area contributed by atoms with Gasteiger partial charge in [-0.15, -0.1) is 0 Å². The molecular weight excluding hydrogens is 376 g/mol. The molecule has 0 bridgehead atoms. The Balaban J connectivity index is 1.22. The maximum absolute atomic E-state index is 11.4. The maximum Gasteiger partial charge on any atom is 0.159 e. The van der Waals surface area contributed by atoms with Gasteiger partial charge in [-0.1, -0.05) is 24.3 Å². The van der Waals surface area contributed by atoms with Gasteiger partial charge in [-0.05, 0) is 61.6 Å². The van der Waals surface area contributed by atoms with Crippen molar-refractivity contribution in [2.45, 2.75) is 38.4 Å². The van der Waals surface area contributed by atoms with Crippen molar-refractivity contribution in [1.82, 2.24) is 0 Å². The lowest BCUT2D eigenvalue weighted by Gasteiger charge is -2.34. The van der Waals surface area contributed by atoms with Crippen LogP contribution in [0.1, 0.15) is 47.4 Å². The molecule has 2 aromatic carbocycles. The quantitative estimate of drug-likeness (QED) is 0.688. The molecule has 2 atom stereocenters. The topological polar surface area (TPSA) is 54.2 Å². The number of rotatable bonds is 7. The Hall–Kier alpha value is -2.21. The molecule has 1 heterocycles. The summed E-state index contributed by atoms with van der Waals surface area (Å²) >= 11 is 0. The summed E-state index contributed by atoms with van der Waals surface area (Å²) < 4.78 is 6.13. The number of benzene rings is 2. The largest absolute Gasteiger partial charge is 0.385 e. The highest BCUT2D eigenvalue weighted by molar-refractivity contribution is 5.94. The normalized spacial score (nSPS) is 20.6. The van der Waals surface area contributed by atoms with E-state index in [4.69, 9.17) is 4.74 Å². The standard InChI is InChI=1S/C25H32N2O3/c1-19(28)20-9-11-22(12-10-20)27-15-13-26(14-16-27)17-23(29)18-30-25-8-4-6-21-5-2-3-7-24(21)25/h2-3,5,7,9-12,23,25,29H,4,6,8,13-18H2,1H3/p+1/t23-,25-/m0/s1. The Kier molecular flexibility index (Phi) is 6.82. The summed E-state index contributed by atoms with van der Waals surface area (Å²) in [6, 6.07) is 16.4. The first-order valence-electron chi connectivity index (χ1n) is 11.2. The van der Waals surface area contributed by atoms with E-state index < -0.39 is 6.10 Å². The van der Waals surface area contributed by atoms with E-state index >= 15 is 0 Å². The highest BCUT2D eigenvalue weighted by atomic mass is 16.5. The molecule has 0 radical (unpaired) electrons. The summed E-state index contributed by atoms with van der Waals surface area (Å²) in [5.41, 5.74) is 4.61. The van der Waals surface area contributed by atoms with E-state index in [0.29, 0.717) is 6.61 Å². The minimum atomic E-state index is -0.435. The van der Waals surface area contributed by atoms with Crippen LogP contribution in [0.3, 0.4) is 0 Å². The summed E-state index contributed by atoms with van der Waals surface area (Å²) in [4.78, 5) is 15.2. The number of carbonyl (C=O) groups is 1. The minimum Gasteiger partial charge on any atom is -0.385 e. The summed E-state index contributed by atoms with van der Waals surface area (Å²) in [6.07, 6.45) is 3.01. The van der Waals surface area contributed by atoms with E-state index in [2.05, 4.69) is 29.2 Å². The van der Waals surface area contributed by atoms with E-state index in [1.807, 2.05) is 24.3 Å². The number of ketones is 1. The van der Waals surface area contributed by atoms with Crippen LogP contribution in [0.15, 0.2) is 48.5 Å². The minimum absolute atomic E-state index is 0.101. The van der Waals surface area contributed by atoms with Gasteiger partial charge in [0.2, 0.25) is 0 Å². The van der Waals surface area contributed by atoms with Crippen LogP contribution in [0.4, 0.5) is 5.69 Å². The molecule has 1 fully saturated rings. The maximum atomic E-state index is 11.4. The number of aryl methyl sites for hydroxylation is 1. The van der Waals surface area contributed by atoms with E-state index in [1.165, 1.54) is 21.7 Å². The highest BCUT2D eigenvalue weighted by Gasteiger charge is 2.25. The van der Waals surface area contributed by atoms with Crippen molar-refractivity contribution in [3.8, 4) is 0 Å². The molecule has 0 amide bonds. The van der Waals surface area contributed by atoms with Crippen LogP contribution in [-0.4, -0.2) is 56.3 Å². The lowest BCUT2D eigenvalue weighted by Crippen LogP contribution is -3.16. The van der Waals surface area contributed by atoms with Crippen molar-refractivity contribution in [2.75, 3.05) is 44.2 Å². The smallest absolute Gasteiger partial charge is 0.159 e. The molecule has 5 nitrogen and oxygen atoms in total. The van der Waals surface area contributed by atoms with Crippen LogP contribution in [0.25, 0.3) is 0 Å². The zero-order chi connectivity index (χ0) is 20.9. The second-order valence-corrected chi connectivity index (χ2v) is 8.61. The molecule has 30 heavy (non-hydrogen) atoms. The second kappa shape index (κ2) is 9.73. The Morgan fingerprint density at radius 2 is 1.90 bits per heavy atom. The number of piperazine rings is 1. The molecule has 0 unspecified atom stereocenters. The third-order valence-electron chi connectivity index (χ3n) is 6.44. The molecule has 160 valence electrons. The molecule has 0 saturated carbocycles. The Morgan fingerprint density at radius 3 is 2.63 bits per heavy atom. The first kappa shape index (κ1) is 21.0. The van der Waals surface area contributed by atoms with Gasteiger partial charge in [-0.3, -0.25) is 4.79 Å². The van der Waals surface area contributed by atoms with Crippen LogP contribution in [0.2, 0.25) is 0 Å². The van der Waals surface area contributed by atoms with Gasteiger partial charge in [0.05, 0.1) is 38.9 Å². The number of hydrogen-bond donors (Lipinski definition) is 2. The predicted octanol–water partition coefficient (Wildman–Crippen LogP) is 2.05.